The largest absolute Gasteiger partial charge is 0.460 e. The fraction of sp³-hybridized carbons (Fsp3) is 0.842. The third-order valence-electron chi connectivity index (χ3n) is 5.76. The van der Waals surface area contributed by atoms with Gasteiger partial charge in [0, 0.05) is 0 Å². The second-order valence-corrected chi connectivity index (χ2v) is 8.71. The van der Waals surface area contributed by atoms with E-state index in [0.29, 0.717) is 18.3 Å². The zero-order chi connectivity index (χ0) is 15.4. The van der Waals surface area contributed by atoms with E-state index in [4.69, 9.17) is 4.74 Å². The van der Waals surface area contributed by atoms with E-state index in [9.17, 15) is 4.79 Å². The lowest BCUT2D eigenvalue weighted by Crippen LogP contribution is -2.29. The Morgan fingerprint density at radius 3 is 2.57 bits per heavy atom. The summed E-state index contributed by atoms with van der Waals surface area (Å²) in [6.07, 6.45) is 7.24. The number of carbonyl (C=O) groups is 1. The molecule has 2 nitrogen and oxygen atoms in total. The molecule has 21 heavy (non-hydrogen) atoms. The van der Waals surface area contributed by atoms with Crippen LogP contribution in [0.5, 0.6) is 0 Å². The molecule has 3 aliphatic carbocycles. The van der Waals surface area contributed by atoms with E-state index in [1.165, 1.54) is 19.3 Å². The standard InChI is InChI=1S/C19H30O2/c1-11(2)15-9-14(10-16(20)21-19(3,4)5)17-12-6-7-13(8-12)18(15)17/h9,11-14,17-18H,6-8,10H2,1-5H3/t12-,13+,14-,17-,18+/m0/s1. The van der Waals surface area contributed by atoms with Crippen LogP contribution in [0.3, 0.4) is 0 Å². The van der Waals surface area contributed by atoms with E-state index in [2.05, 4.69) is 19.9 Å². The van der Waals surface area contributed by atoms with Gasteiger partial charge in [-0.2, -0.15) is 0 Å². The van der Waals surface area contributed by atoms with Crippen LogP contribution in [-0.4, -0.2) is 11.6 Å². The monoisotopic (exact) mass is 290 g/mol. The SMILES string of the molecule is CC(C)C1=C[C@@H](CC(=O)OC(C)(C)C)[C@@H]2[C@H]3CC[C@H](C3)[C@H]12. The van der Waals surface area contributed by atoms with Crippen molar-refractivity contribution in [1.82, 2.24) is 0 Å². The van der Waals surface area contributed by atoms with Gasteiger partial charge in [0.15, 0.2) is 0 Å². The third-order valence-corrected chi connectivity index (χ3v) is 5.76. The van der Waals surface area contributed by atoms with Gasteiger partial charge in [-0.25, -0.2) is 0 Å². The topological polar surface area (TPSA) is 26.3 Å². The number of fused-ring (bicyclic) bond motifs is 5. The van der Waals surface area contributed by atoms with Gasteiger partial charge in [-0.1, -0.05) is 25.5 Å². The molecule has 0 unspecified atom stereocenters. The molecule has 0 aromatic rings. The maximum Gasteiger partial charge on any atom is 0.306 e. The number of hydrogen-bond acceptors (Lipinski definition) is 2. The van der Waals surface area contributed by atoms with E-state index in [1.54, 1.807) is 5.57 Å². The fourth-order valence-electron chi connectivity index (χ4n) is 5.26. The molecule has 118 valence electrons. The molecule has 0 radical (unpaired) electrons. The minimum atomic E-state index is -0.367. The number of esters is 1. The lowest BCUT2D eigenvalue weighted by Gasteiger charge is -2.32. The molecule has 2 saturated carbocycles. The van der Waals surface area contributed by atoms with Crippen molar-refractivity contribution < 1.29 is 9.53 Å². The normalized spacial score (nSPS) is 37.8. The van der Waals surface area contributed by atoms with Crippen molar-refractivity contribution >= 4 is 5.97 Å². The molecule has 2 bridgehead atoms. The molecule has 0 aromatic heterocycles. The highest BCUT2D eigenvalue weighted by molar-refractivity contribution is 5.70. The van der Waals surface area contributed by atoms with Crippen LogP contribution in [0.25, 0.3) is 0 Å². The van der Waals surface area contributed by atoms with Crippen LogP contribution in [0.15, 0.2) is 11.6 Å². The summed E-state index contributed by atoms with van der Waals surface area (Å²) >= 11 is 0. The number of carbonyl (C=O) groups excluding carboxylic acids is 1. The van der Waals surface area contributed by atoms with Gasteiger partial charge < -0.3 is 4.74 Å². The van der Waals surface area contributed by atoms with E-state index in [0.717, 1.165) is 23.7 Å². The molecule has 0 heterocycles. The Morgan fingerprint density at radius 2 is 1.95 bits per heavy atom. The Balaban J connectivity index is 1.74. The summed E-state index contributed by atoms with van der Waals surface area (Å²) in [5, 5.41) is 0. The van der Waals surface area contributed by atoms with Crippen molar-refractivity contribution in [3.8, 4) is 0 Å². The molecule has 0 amide bonds. The van der Waals surface area contributed by atoms with Gasteiger partial charge in [-0.3, -0.25) is 4.79 Å². The second kappa shape index (κ2) is 5.14. The maximum atomic E-state index is 12.2. The Bertz CT molecular complexity index is 455. The first-order valence-electron chi connectivity index (χ1n) is 8.69. The minimum absolute atomic E-state index is 0.0183. The minimum Gasteiger partial charge on any atom is -0.460 e. The molecule has 0 aliphatic heterocycles. The summed E-state index contributed by atoms with van der Waals surface area (Å²) in [4.78, 5) is 12.2. The molecule has 3 rings (SSSR count). The summed E-state index contributed by atoms with van der Waals surface area (Å²) in [6.45, 7) is 10.5. The summed E-state index contributed by atoms with van der Waals surface area (Å²) in [6, 6.07) is 0. The van der Waals surface area contributed by atoms with Crippen molar-refractivity contribution in [3.05, 3.63) is 11.6 Å². The van der Waals surface area contributed by atoms with E-state index in [-0.39, 0.29) is 11.6 Å². The maximum absolute atomic E-state index is 12.2. The predicted molar refractivity (Wildman–Crippen MR) is 84.7 cm³/mol. The highest BCUT2D eigenvalue weighted by Crippen LogP contribution is 2.62. The van der Waals surface area contributed by atoms with Gasteiger partial charge in [0.25, 0.3) is 0 Å². The Hall–Kier alpha value is -0.790. The summed E-state index contributed by atoms with van der Waals surface area (Å²) < 4.78 is 5.56. The summed E-state index contributed by atoms with van der Waals surface area (Å²) in [7, 11) is 0. The average Bonchev–Trinajstić information content (AvgIpc) is 2.97. The summed E-state index contributed by atoms with van der Waals surface area (Å²) in [5.41, 5.74) is 1.27. The number of ether oxygens (including phenoxy) is 1. The van der Waals surface area contributed by atoms with Crippen LogP contribution >= 0.6 is 0 Å². The smallest absolute Gasteiger partial charge is 0.306 e. The molecule has 2 fully saturated rings. The lowest BCUT2D eigenvalue weighted by molar-refractivity contribution is -0.156. The number of rotatable bonds is 3. The molecule has 0 aromatic carbocycles. The van der Waals surface area contributed by atoms with Gasteiger partial charge in [-0.05, 0) is 75.5 Å². The van der Waals surface area contributed by atoms with Crippen LogP contribution < -0.4 is 0 Å². The van der Waals surface area contributed by atoms with Gasteiger partial charge >= 0.3 is 5.97 Å². The Morgan fingerprint density at radius 1 is 1.29 bits per heavy atom. The second-order valence-electron chi connectivity index (χ2n) is 8.71. The first-order valence-corrected chi connectivity index (χ1v) is 8.69. The molecular weight excluding hydrogens is 260 g/mol. The van der Waals surface area contributed by atoms with Crippen molar-refractivity contribution in [1.29, 1.82) is 0 Å². The van der Waals surface area contributed by atoms with Crippen molar-refractivity contribution in [3.63, 3.8) is 0 Å². The van der Waals surface area contributed by atoms with Crippen LogP contribution in [0.4, 0.5) is 0 Å². The van der Waals surface area contributed by atoms with Gasteiger partial charge in [0.05, 0.1) is 6.42 Å². The first kappa shape index (κ1) is 15.1. The highest BCUT2D eigenvalue weighted by atomic mass is 16.6. The fourth-order valence-corrected chi connectivity index (χ4v) is 5.26. The van der Waals surface area contributed by atoms with Crippen LogP contribution in [0.2, 0.25) is 0 Å². The van der Waals surface area contributed by atoms with Crippen molar-refractivity contribution in [2.45, 2.75) is 65.9 Å². The molecule has 0 saturated heterocycles. The first-order chi connectivity index (χ1) is 9.76. The zero-order valence-corrected chi connectivity index (χ0v) is 14.2. The van der Waals surface area contributed by atoms with Crippen LogP contribution in [0.1, 0.15) is 60.3 Å². The van der Waals surface area contributed by atoms with Gasteiger partial charge in [0.2, 0.25) is 0 Å². The van der Waals surface area contributed by atoms with Crippen LogP contribution in [0, 0.1) is 35.5 Å². The Labute approximate surface area is 129 Å². The molecule has 2 heteroatoms. The predicted octanol–water partition coefficient (Wildman–Crippen LogP) is 4.59. The lowest BCUT2D eigenvalue weighted by atomic mass is 9.73. The molecule has 0 spiro atoms. The third kappa shape index (κ3) is 2.78. The van der Waals surface area contributed by atoms with Gasteiger partial charge in [0.1, 0.15) is 5.60 Å². The van der Waals surface area contributed by atoms with E-state index in [1.807, 2.05) is 20.8 Å². The quantitative estimate of drug-likeness (QED) is 0.561. The molecule has 5 atom stereocenters. The van der Waals surface area contributed by atoms with E-state index < -0.39 is 0 Å². The number of hydrogen-bond donors (Lipinski definition) is 0. The van der Waals surface area contributed by atoms with Crippen molar-refractivity contribution in [2.24, 2.45) is 35.5 Å². The molecule has 0 N–H and O–H groups in total. The molecule has 3 aliphatic rings. The van der Waals surface area contributed by atoms with Crippen LogP contribution in [-0.2, 0) is 9.53 Å². The number of allylic oxidation sites excluding steroid dienone is 2. The van der Waals surface area contributed by atoms with E-state index >= 15 is 0 Å². The summed E-state index contributed by atoms with van der Waals surface area (Å²) in [5.74, 6) is 4.30. The Kier molecular flexibility index (Phi) is 3.70. The highest BCUT2D eigenvalue weighted by Gasteiger charge is 2.54. The zero-order valence-electron chi connectivity index (χ0n) is 14.2. The van der Waals surface area contributed by atoms with Gasteiger partial charge in [-0.15, -0.1) is 0 Å². The van der Waals surface area contributed by atoms with Crippen molar-refractivity contribution in [2.75, 3.05) is 0 Å². The molecular formula is C19H30O2. The average molecular weight is 290 g/mol.